The lowest BCUT2D eigenvalue weighted by molar-refractivity contribution is 0.0991. The minimum absolute atomic E-state index is 0.0485. The molecule has 0 unspecified atom stereocenters. The number of Topliss-reactive ketones (excluding diaryl/α,β-unsaturated/α-hetero) is 1. The van der Waals surface area contributed by atoms with E-state index in [1.54, 1.807) is 18.2 Å². The number of halogens is 2. The molecule has 0 aliphatic heterocycles. The minimum Gasteiger partial charge on any atom is -0.294 e. The van der Waals surface area contributed by atoms with Crippen molar-refractivity contribution in [2.24, 2.45) is 0 Å². The number of ketones is 1. The van der Waals surface area contributed by atoms with Crippen molar-refractivity contribution >= 4 is 17.4 Å². The van der Waals surface area contributed by atoms with Gasteiger partial charge in [-0.15, -0.1) is 0 Å². The Morgan fingerprint density at radius 2 is 1.89 bits per heavy atom. The van der Waals surface area contributed by atoms with E-state index in [9.17, 15) is 9.18 Å². The highest BCUT2D eigenvalue weighted by atomic mass is 35.5. The molecule has 0 radical (unpaired) electrons. The molecular formula is C16H14ClFO. The maximum atomic E-state index is 13.7. The number of rotatable bonds is 3. The van der Waals surface area contributed by atoms with Gasteiger partial charge in [-0.25, -0.2) is 4.39 Å². The first-order valence-electron chi connectivity index (χ1n) is 6.02. The standard InChI is InChI=1S/C16H14ClFO/c1-10-3-6-14(11(2)7-10)16(19)8-12-4-5-13(17)9-15(12)18/h3-7,9H,8H2,1-2H3. The first-order chi connectivity index (χ1) is 8.97. The summed E-state index contributed by atoms with van der Waals surface area (Å²) in [6, 6.07) is 10.0. The highest BCUT2D eigenvalue weighted by molar-refractivity contribution is 6.30. The van der Waals surface area contributed by atoms with Crippen LogP contribution in [-0.4, -0.2) is 5.78 Å². The fourth-order valence-electron chi connectivity index (χ4n) is 2.06. The topological polar surface area (TPSA) is 17.1 Å². The Kier molecular flexibility index (Phi) is 4.01. The van der Waals surface area contributed by atoms with Crippen LogP contribution in [0.4, 0.5) is 4.39 Å². The van der Waals surface area contributed by atoms with Crippen LogP contribution in [0.15, 0.2) is 36.4 Å². The zero-order chi connectivity index (χ0) is 14.0. The van der Waals surface area contributed by atoms with Gasteiger partial charge in [-0.1, -0.05) is 41.4 Å². The van der Waals surface area contributed by atoms with E-state index >= 15 is 0 Å². The molecule has 2 aromatic rings. The van der Waals surface area contributed by atoms with Crippen LogP contribution in [0.1, 0.15) is 27.0 Å². The van der Waals surface area contributed by atoms with E-state index in [2.05, 4.69) is 0 Å². The molecule has 1 nitrogen and oxygen atoms in total. The first kappa shape index (κ1) is 13.8. The Bertz CT molecular complexity index is 635. The van der Waals surface area contributed by atoms with Gasteiger partial charge in [0.15, 0.2) is 5.78 Å². The molecule has 0 atom stereocenters. The largest absolute Gasteiger partial charge is 0.294 e. The molecule has 0 bridgehead atoms. The lowest BCUT2D eigenvalue weighted by Crippen LogP contribution is -2.07. The highest BCUT2D eigenvalue weighted by Crippen LogP contribution is 2.18. The molecule has 0 saturated carbocycles. The quantitative estimate of drug-likeness (QED) is 0.753. The fourth-order valence-corrected chi connectivity index (χ4v) is 2.22. The molecule has 0 amide bonds. The van der Waals surface area contributed by atoms with E-state index in [1.807, 2.05) is 26.0 Å². The molecule has 98 valence electrons. The van der Waals surface area contributed by atoms with Crippen LogP contribution < -0.4 is 0 Å². The zero-order valence-corrected chi connectivity index (χ0v) is 11.6. The first-order valence-corrected chi connectivity index (χ1v) is 6.39. The number of carbonyl (C=O) groups is 1. The van der Waals surface area contributed by atoms with Gasteiger partial charge in [0.05, 0.1) is 0 Å². The van der Waals surface area contributed by atoms with Crippen molar-refractivity contribution in [1.29, 1.82) is 0 Å². The maximum absolute atomic E-state index is 13.7. The lowest BCUT2D eigenvalue weighted by atomic mass is 9.97. The summed E-state index contributed by atoms with van der Waals surface area (Å²) in [5.41, 5.74) is 3.03. The Morgan fingerprint density at radius 1 is 1.16 bits per heavy atom. The van der Waals surface area contributed by atoms with E-state index in [1.165, 1.54) is 6.07 Å². The minimum atomic E-state index is -0.439. The Balaban J connectivity index is 2.25. The van der Waals surface area contributed by atoms with Gasteiger partial charge < -0.3 is 0 Å². The van der Waals surface area contributed by atoms with Crippen LogP contribution in [0.2, 0.25) is 5.02 Å². The van der Waals surface area contributed by atoms with Gasteiger partial charge in [0.2, 0.25) is 0 Å². The van der Waals surface area contributed by atoms with Crippen LogP contribution in [0.5, 0.6) is 0 Å². The molecule has 3 heteroatoms. The summed E-state index contributed by atoms with van der Waals surface area (Å²) in [6.45, 7) is 3.86. The van der Waals surface area contributed by atoms with Crippen LogP contribution in [0, 0.1) is 19.7 Å². The van der Waals surface area contributed by atoms with Crippen LogP contribution in [0.3, 0.4) is 0 Å². The second kappa shape index (κ2) is 5.54. The third kappa shape index (κ3) is 3.21. The molecule has 0 saturated heterocycles. The summed E-state index contributed by atoms with van der Waals surface area (Å²) in [7, 11) is 0. The van der Waals surface area contributed by atoms with Gasteiger partial charge in [-0.3, -0.25) is 4.79 Å². The molecule has 0 N–H and O–H groups in total. The maximum Gasteiger partial charge on any atom is 0.167 e. The predicted octanol–water partition coefficient (Wildman–Crippen LogP) is 4.52. The average molecular weight is 277 g/mol. The molecule has 0 spiro atoms. The van der Waals surface area contributed by atoms with Gasteiger partial charge in [0.25, 0.3) is 0 Å². The molecule has 2 rings (SSSR count). The molecule has 19 heavy (non-hydrogen) atoms. The summed E-state index contributed by atoms with van der Waals surface area (Å²) in [4.78, 5) is 12.2. The second-order valence-electron chi connectivity index (χ2n) is 4.65. The molecule has 0 aliphatic rings. The van der Waals surface area contributed by atoms with Crippen molar-refractivity contribution < 1.29 is 9.18 Å². The summed E-state index contributed by atoms with van der Waals surface area (Å²) in [5, 5.41) is 0.334. The molecule has 0 fully saturated rings. The van der Waals surface area contributed by atoms with Crippen LogP contribution in [-0.2, 0) is 6.42 Å². The van der Waals surface area contributed by atoms with Crippen molar-refractivity contribution in [3.05, 3.63) is 69.5 Å². The Labute approximate surface area is 117 Å². The van der Waals surface area contributed by atoms with E-state index in [0.29, 0.717) is 16.1 Å². The Hall–Kier alpha value is -1.67. The van der Waals surface area contributed by atoms with Crippen molar-refractivity contribution in [2.45, 2.75) is 20.3 Å². The normalized spacial score (nSPS) is 10.5. The summed E-state index contributed by atoms with van der Waals surface area (Å²) >= 11 is 5.69. The summed E-state index contributed by atoms with van der Waals surface area (Å²) in [6.07, 6.45) is 0.0485. The third-order valence-electron chi connectivity index (χ3n) is 3.05. The predicted molar refractivity (Wildman–Crippen MR) is 75.4 cm³/mol. The van der Waals surface area contributed by atoms with Gasteiger partial charge >= 0.3 is 0 Å². The molecular weight excluding hydrogens is 263 g/mol. The number of benzene rings is 2. The second-order valence-corrected chi connectivity index (χ2v) is 5.09. The number of aryl methyl sites for hydroxylation is 2. The molecule has 0 aliphatic carbocycles. The third-order valence-corrected chi connectivity index (χ3v) is 3.28. The smallest absolute Gasteiger partial charge is 0.167 e. The monoisotopic (exact) mass is 276 g/mol. The van der Waals surface area contributed by atoms with Gasteiger partial charge in [-0.05, 0) is 37.1 Å². The highest BCUT2D eigenvalue weighted by Gasteiger charge is 2.12. The fraction of sp³-hybridized carbons (Fsp3) is 0.188. The van der Waals surface area contributed by atoms with E-state index in [-0.39, 0.29) is 12.2 Å². The van der Waals surface area contributed by atoms with E-state index < -0.39 is 5.82 Å². The summed E-state index contributed by atoms with van der Waals surface area (Å²) in [5.74, 6) is -0.524. The molecule has 0 heterocycles. The Morgan fingerprint density at radius 3 is 2.53 bits per heavy atom. The number of carbonyl (C=O) groups excluding carboxylic acids is 1. The number of hydrogen-bond donors (Lipinski definition) is 0. The van der Waals surface area contributed by atoms with E-state index in [0.717, 1.165) is 11.1 Å². The summed E-state index contributed by atoms with van der Waals surface area (Å²) < 4.78 is 13.7. The van der Waals surface area contributed by atoms with Crippen molar-refractivity contribution in [3.8, 4) is 0 Å². The van der Waals surface area contributed by atoms with E-state index in [4.69, 9.17) is 11.6 Å². The van der Waals surface area contributed by atoms with Gasteiger partial charge in [-0.2, -0.15) is 0 Å². The SMILES string of the molecule is Cc1ccc(C(=O)Cc2ccc(Cl)cc2F)c(C)c1. The lowest BCUT2D eigenvalue weighted by Gasteiger charge is -2.07. The van der Waals surface area contributed by atoms with Gasteiger partial charge in [0.1, 0.15) is 5.82 Å². The van der Waals surface area contributed by atoms with Crippen molar-refractivity contribution in [3.63, 3.8) is 0 Å². The average Bonchev–Trinajstić information content (AvgIpc) is 2.32. The molecule has 0 aromatic heterocycles. The van der Waals surface area contributed by atoms with Gasteiger partial charge in [0, 0.05) is 17.0 Å². The zero-order valence-electron chi connectivity index (χ0n) is 10.8. The van der Waals surface area contributed by atoms with Crippen LogP contribution >= 0.6 is 11.6 Å². The van der Waals surface area contributed by atoms with Crippen molar-refractivity contribution in [1.82, 2.24) is 0 Å². The number of hydrogen-bond acceptors (Lipinski definition) is 1. The molecule has 2 aromatic carbocycles. The van der Waals surface area contributed by atoms with Crippen LogP contribution in [0.25, 0.3) is 0 Å². The van der Waals surface area contributed by atoms with Crippen molar-refractivity contribution in [2.75, 3.05) is 0 Å².